The molecule has 0 spiro atoms. The number of nitrogens with zero attached hydrogens (tertiary/aromatic N) is 1. The lowest BCUT2D eigenvalue weighted by Crippen LogP contribution is -2.49. The van der Waals surface area contributed by atoms with Gasteiger partial charge in [0.05, 0.1) is 6.42 Å². The minimum absolute atomic E-state index is 0.0581. The maximum Gasteiger partial charge on any atom is 0.242 e. The van der Waals surface area contributed by atoms with E-state index in [9.17, 15) is 9.59 Å². The highest BCUT2D eigenvalue weighted by Gasteiger charge is 2.28. The van der Waals surface area contributed by atoms with Crippen LogP contribution >= 0.6 is 11.6 Å². The summed E-state index contributed by atoms with van der Waals surface area (Å²) in [5, 5.41) is 3.58. The molecular weight excluding hydrogens is 372 g/mol. The SMILES string of the molecule is CCCNC(=O)[C@H](CC)N(Cc1ccc(Cl)cc1)C(=O)Cc1ccc(C)cc1. The van der Waals surface area contributed by atoms with Crippen molar-refractivity contribution in [3.63, 3.8) is 0 Å². The normalized spacial score (nSPS) is 11.7. The zero-order valence-corrected chi connectivity index (χ0v) is 17.6. The van der Waals surface area contributed by atoms with E-state index in [4.69, 9.17) is 11.6 Å². The molecule has 0 saturated heterocycles. The third kappa shape index (κ3) is 6.38. The molecule has 0 aliphatic carbocycles. The lowest BCUT2D eigenvalue weighted by atomic mass is 10.1. The Morgan fingerprint density at radius 2 is 1.61 bits per heavy atom. The van der Waals surface area contributed by atoms with Gasteiger partial charge in [-0.25, -0.2) is 0 Å². The van der Waals surface area contributed by atoms with Crippen molar-refractivity contribution < 1.29 is 9.59 Å². The van der Waals surface area contributed by atoms with E-state index in [0.29, 0.717) is 24.5 Å². The smallest absolute Gasteiger partial charge is 0.242 e. The van der Waals surface area contributed by atoms with Crippen LogP contribution in [0, 0.1) is 6.92 Å². The number of rotatable bonds is 9. The Hall–Kier alpha value is -2.33. The van der Waals surface area contributed by atoms with Crippen molar-refractivity contribution in [3.05, 3.63) is 70.2 Å². The standard InChI is InChI=1S/C23H29ClN2O2/c1-4-14-25-23(28)21(5-2)26(16-19-10-12-20(24)13-11-19)22(27)15-18-8-6-17(3)7-9-18/h6-13,21H,4-5,14-16H2,1-3H3,(H,25,28)/t21-/m0/s1. The molecule has 0 radical (unpaired) electrons. The molecule has 0 aliphatic heterocycles. The fourth-order valence-electron chi connectivity index (χ4n) is 3.05. The van der Waals surface area contributed by atoms with Gasteiger partial charge in [-0.2, -0.15) is 0 Å². The van der Waals surface area contributed by atoms with E-state index in [1.54, 1.807) is 17.0 Å². The summed E-state index contributed by atoms with van der Waals surface area (Å²) in [4.78, 5) is 27.6. The lowest BCUT2D eigenvalue weighted by Gasteiger charge is -2.31. The number of hydrogen-bond acceptors (Lipinski definition) is 2. The van der Waals surface area contributed by atoms with Gasteiger partial charge in [0, 0.05) is 18.1 Å². The van der Waals surface area contributed by atoms with Crippen molar-refractivity contribution in [2.45, 2.75) is 52.6 Å². The minimum atomic E-state index is -0.500. The summed E-state index contributed by atoms with van der Waals surface area (Å²) in [6, 6.07) is 14.8. The van der Waals surface area contributed by atoms with Crippen LogP contribution in [0.3, 0.4) is 0 Å². The topological polar surface area (TPSA) is 49.4 Å². The van der Waals surface area contributed by atoms with Crippen LogP contribution < -0.4 is 5.32 Å². The van der Waals surface area contributed by atoms with Crippen LogP contribution in [0.1, 0.15) is 43.4 Å². The van der Waals surface area contributed by atoms with E-state index in [2.05, 4.69) is 5.32 Å². The molecular formula is C23H29ClN2O2. The molecule has 4 nitrogen and oxygen atoms in total. The molecule has 1 atom stereocenters. The monoisotopic (exact) mass is 400 g/mol. The van der Waals surface area contributed by atoms with Crippen molar-refractivity contribution >= 4 is 23.4 Å². The molecule has 0 aliphatic rings. The Bertz CT molecular complexity index is 772. The molecule has 150 valence electrons. The maximum absolute atomic E-state index is 13.2. The Balaban J connectivity index is 2.24. The van der Waals surface area contributed by atoms with Gasteiger partial charge in [0.15, 0.2) is 0 Å². The molecule has 0 aromatic heterocycles. The van der Waals surface area contributed by atoms with Crippen LogP contribution in [-0.4, -0.2) is 29.3 Å². The Labute approximate surface area is 172 Å². The highest BCUT2D eigenvalue weighted by molar-refractivity contribution is 6.30. The molecule has 2 aromatic rings. The largest absolute Gasteiger partial charge is 0.354 e. The molecule has 28 heavy (non-hydrogen) atoms. The first-order valence-corrected chi connectivity index (χ1v) is 10.2. The van der Waals surface area contributed by atoms with Crippen molar-refractivity contribution in [2.24, 2.45) is 0 Å². The number of nitrogens with one attached hydrogen (secondary N) is 1. The van der Waals surface area contributed by atoms with Gasteiger partial charge in [0.25, 0.3) is 0 Å². The summed E-state index contributed by atoms with van der Waals surface area (Å²) in [6.45, 7) is 6.94. The number of halogens is 1. The number of amides is 2. The Morgan fingerprint density at radius 1 is 1.00 bits per heavy atom. The third-order valence-electron chi connectivity index (χ3n) is 4.68. The van der Waals surface area contributed by atoms with E-state index in [1.807, 2.05) is 57.2 Å². The zero-order chi connectivity index (χ0) is 20.5. The second-order valence-corrected chi connectivity index (χ2v) is 7.46. The van der Waals surface area contributed by atoms with Crippen LogP contribution in [0.2, 0.25) is 5.02 Å². The van der Waals surface area contributed by atoms with Crippen LogP contribution in [0.4, 0.5) is 0 Å². The summed E-state index contributed by atoms with van der Waals surface area (Å²) in [6.07, 6.45) is 1.69. The van der Waals surface area contributed by atoms with Crippen molar-refractivity contribution in [2.75, 3.05) is 6.54 Å². The predicted molar refractivity (Wildman–Crippen MR) is 114 cm³/mol. The summed E-state index contributed by atoms with van der Waals surface area (Å²) in [7, 11) is 0. The second-order valence-electron chi connectivity index (χ2n) is 7.03. The van der Waals surface area contributed by atoms with E-state index in [0.717, 1.165) is 23.1 Å². The van der Waals surface area contributed by atoms with E-state index >= 15 is 0 Å². The fourth-order valence-corrected chi connectivity index (χ4v) is 3.18. The lowest BCUT2D eigenvalue weighted by molar-refractivity contribution is -0.140. The number of carbonyl (C=O) groups is 2. The molecule has 2 aromatic carbocycles. The summed E-state index contributed by atoms with van der Waals surface area (Å²) in [5.74, 6) is -0.159. The molecule has 2 rings (SSSR count). The zero-order valence-electron chi connectivity index (χ0n) is 16.9. The van der Waals surface area contributed by atoms with Gasteiger partial charge in [-0.15, -0.1) is 0 Å². The van der Waals surface area contributed by atoms with Gasteiger partial charge in [-0.1, -0.05) is 67.4 Å². The van der Waals surface area contributed by atoms with Crippen molar-refractivity contribution in [3.8, 4) is 0 Å². The van der Waals surface area contributed by atoms with E-state index in [1.165, 1.54) is 0 Å². The average molecular weight is 401 g/mol. The van der Waals surface area contributed by atoms with Gasteiger partial charge < -0.3 is 10.2 Å². The Kier molecular flexibility index (Phi) is 8.52. The molecule has 0 fully saturated rings. The third-order valence-corrected chi connectivity index (χ3v) is 4.93. The molecule has 5 heteroatoms. The number of aryl methyl sites for hydroxylation is 1. The van der Waals surface area contributed by atoms with Crippen LogP contribution in [0.25, 0.3) is 0 Å². The van der Waals surface area contributed by atoms with Crippen molar-refractivity contribution in [1.82, 2.24) is 10.2 Å². The average Bonchev–Trinajstić information content (AvgIpc) is 2.69. The molecule has 0 heterocycles. The van der Waals surface area contributed by atoms with E-state index < -0.39 is 6.04 Å². The van der Waals surface area contributed by atoms with Gasteiger partial charge in [0.2, 0.25) is 11.8 Å². The number of benzene rings is 2. The Morgan fingerprint density at radius 3 is 2.18 bits per heavy atom. The summed E-state index contributed by atoms with van der Waals surface area (Å²) >= 11 is 5.98. The van der Waals surface area contributed by atoms with Gasteiger partial charge in [-0.3, -0.25) is 9.59 Å². The molecule has 0 unspecified atom stereocenters. The van der Waals surface area contributed by atoms with Crippen LogP contribution in [-0.2, 0) is 22.6 Å². The quantitative estimate of drug-likeness (QED) is 0.672. The maximum atomic E-state index is 13.2. The molecule has 1 N–H and O–H groups in total. The summed E-state index contributed by atoms with van der Waals surface area (Å²) < 4.78 is 0. The first-order valence-electron chi connectivity index (χ1n) is 9.81. The molecule has 0 saturated carbocycles. The van der Waals surface area contributed by atoms with E-state index in [-0.39, 0.29) is 18.2 Å². The number of carbonyl (C=O) groups excluding carboxylic acids is 2. The van der Waals surface area contributed by atoms with Crippen molar-refractivity contribution in [1.29, 1.82) is 0 Å². The predicted octanol–water partition coefficient (Wildman–Crippen LogP) is 4.52. The minimum Gasteiger partial charge on any atom is -0.354 e. The second kappa shape index (κ2) is 10.9. The summed E-state index contributed by atoms with van der Waals surface area (Å²) in [5.41, 5.74) is 3.04. The van der Waals surface area contributed by atoms with Crippen LogP contribution in [0.5, 0.6) is 0 Å². The van der Waals surface area contributed by atoms with Gasteiger partial charge in [-0.05, 0) is 43.0 Å². The first-order chi connectivity index (χ1) is 13.4. The highest BCUT2D eigenvalue weighted by Crippen LogP contribution is 2.17. The molecule has 0 bridgehead atoms. The highest BCUT2D eigenvalue weighted by atomic mass is 35.5. The van der Waals surface area contributed by atoms with Gasteiger partial charge >= 0.3 is 0 Å². The first kappa shape index (κ1) is 22.0. The van der Waals surface area contributed by atoms with Crippen LogP contribution in [0.15, 0.2) is 48.5 Å². The fraction of sp³-hybridized carbons (Fsp3) is 0.391. The molecule has 2 amide bonds. The van der Waals surface area contributed by atoms with Gasteiger partial charge in [0.1, 0.15) is 6.04 Å². The number of hydrogen-bond donors (Lipinski definition) is 1.